The van der Waals surface area contributed by atoms with Crippen molar-refractivity contribution < 1.29 is 9.47 Å². The largest absolute Gasteiger partial charge is 0.497 e. The van der Waals surface area contributed by atoms with Gasteiger partial charge in [0, 0.05) is 17.3 Å². The topological polar surface area (TPSA) is 43.4 Å². The van der Waals surface area contributed by atoms with E-state index in [4.69, 9.17) is 9.47 Å². The Kier molecular flexibility index (Phi) is 4.56. The predicted molar refractivity (Wildman–Crippen MR) is 102 cm³/mol. The summed E-state index contributed by atoms with van der Waals surface area (Å²) >= 11 is 2.29. The first-order valence-corrected chi connectivity index (χ1v) is 8.25. The van der Waals surface area contributed by atoms with E-state index >= 15 is 0 Å². The van der Waals surface area contributed by atoms with Crippen LogP contribution >= 0.6 is 22.6 Å². The molecule has 4 nitrogen and oxygen atoms in total. The number of hydrogen-bond acceptors (Lipinski definition) is 4. The molecule has 0 bridgehead atoms. The zero-order valence-corrected chi connectivity index (χ0v) is 15.3. The number of halogens is 1. The van der Waals surface area contributed by atoms with Crippen LogP contribution in [0.1, 0.15) is 5.56 Å². The molecule has 1 aromatic heterocycles. The van der Waals surface area contributed by atoms with E-state index < -0.39 is 0 Å². The van der Waals surface area contributed by atoms with Gasteiger partial charge in [0.1, 0.15) is 17.0 Å². The standard InChI is InChI=1S/C18H17IN2O2/c1-11-9-12(22-2)7-8-15(11)21-17-13-5-4-6-16(23-3)18(13)20-10-14(17)19/h4-10H,1-3H3,(H,20,21). The summed E-state index contributed by atoms with van der Waals surface area (Å²) in [5.41, 5.74) is 4.04. The number of rotatable bonds is 4. The fourth-order valence-corrected chi connectivity index (χ4v) is 3.07. The highest BCUT2D eigenvalue weighted by Crippen LogP contribution is 2.35. The Balaban J connectivity index is 2.11. The number of anilines is 2. The van der Waals surface area contributed by atoms with Gasteiger partial charge in [0.05, 0.1) is 23.5 Å². The Morgan fingerprint density at radius 1 is 1.09 bits per heavy atom. The minimum absolute atomic E-state index is 0.772. The SMILES string of the molecule is COc1ccc(Nc2c(I)cnc3c(OC)cccc23)c(C)c1. The summed E-state index contributed by atoms with van der Waals surface area (Å²) in [5.74, 6) is 1.62. The van der Waals surface area contributed by atoms with Crippen molar-refractivity contribution in [2.24, 2.45) is 0 Å². The number of para-hydroxylation sites is 1. The fraction of sp³-hybridized carbons (Fsp3) is 0.167. The number of aromatic nitrogens is 1. The molecule has 0 saturated heterocycles. The average Bonchev–Trinajstić information content (AvgIpc) is 2.58. The van der Waals surface area contributed by atoms with Gasteiger partial charge in [-0.3, -0.25) is 4.98 Å². The molecule has 0 aliphatic rings. The maximum atomic E-state index is 5.42. The molecule has 0 amide bonds. The molecule has 1 N–H and O–H groups in total. The lowest BCUT2D eigenvalue weighted by Gasteiger charge is -2.15. The van der Waals surface area contributed by atoms with Crippen LogP contribution in [0.2, 0.25) is 0 Å². The monoisotopic (exact) mass is 420 g/mol. The number of benzene rings is 2. The van der Waals surface area contributed by atoms with E-state index in [-0.39, 0.29) is 0 Å². The molecule has 3 rings (SSSR count). The summed E-state index contributed by atoms with van der Waals surface area (Å²) in [6.07, 6.45) is 1.85. The normalized spacial score (nSPS) is 10.6. The van der Waals surface area contributed by atoms with Crippen molar-refractivity contribution in [2.45, 2.75) is 6.92 Å². The van der Waals surface area contributed by atoms with Crippen molar-refractivity contribution in [1.29, 1.82) is 0 Å². The molecule has 23 heavy (non-hydrogen) atoms. The molecule has 0 atom stereocenters. The highest BCUT2D eigenvalue weighted by Gasteiger charge is 2.12. The Hall–Kier alpha value is -2.02. The Labute approximate surface area is 149 Å². The van der Waals surface area contributed by atoms with Crippen LogP contribution in [-0.4, -0.2) is 19.2 Å². The van der Waals surface area contributed by atoms with Gasteiger partial charge in [-0.2, -0.15) is 0 Å². The first-order chi connectivity index (χ1) is 11.1. The number of hydrogen-bond donors (Lipinski definition) is 1. The smallest absolute Gasteiger partial charge is 0.145 e. The number of methoxy groups -OCH3 is 2. The molecule has 0 aliphatic carbocycles. The van der Waals surface area contributed by atoms with Crippen LogP contribution in [0.15, 0.2) is 42.6 Å². The number of aryl methyl sites for hydroxylation is 1. The summed E-state index contributed by atoms with van der Waals surface area (Å²) in [4.78, 5) is 4.51. The molecule has 0 fully saturated rings. The van der Waals surface area contributed by atoms with Crippen molar-refractivity contribution in [3.8, 4) is 11.5 Å². The number of pyridine rings is 1. The second-order valence-electron chi connectivity index (χ2n) is 5.14. The van der Waals surface area contributed by atoms with Gasteiger partial charge in [-0.25, -0.2) is 0 Å². The minimum atomic E-state index is 0.772. The summed E-state index contributed by atoms with van der Waals surface area (Å²) in [6, 6.07) is 11.9. The lowest BCUT2D eigenvalue weighted by Crippen LogP contribution is -1.99. The summed E-state index contributed by atoms with van der Waals surface area (Å²) in [5, 5.41) is 4.56. The molecule has 0 saturated carbocycles. The fourth-order valence-electron chi connectivity index (χ4n) is 2.50. The summed E-state index contributed by atoms with van der Waals surface area (Å²) in [6.45, 7) is 2.06. The Bertz CT molecular complexity index is 865. The molecular weight excluding hydrogens is 403 g/mol. The van der Waals surface area contributed by atoms with Crippen LogP contribution in [0, 0.1) is 10.5 Å². The molecule has 0 unspecified atom stereocenters. The van der Waals surface area contributed by atoms with Gasteiger partial charge in [0.25, 0.3) is 0 Å². The quantitative estimate of drug-likeness (QED) is 0.610. The first-order valence-electron chi connectivity index (χ1n) is 7.17. The van der Waals surface area contributed by atoms with Gasteiger partial charge < -0.3 is 14.8 Å². The first kappa shape index (κ1) is 15.9. The van der Waals surface area contributed by atoms with E-state index in [1.807, 2.05) is 42.6 Å². The molecule has 0 spiro atoms. The highest BCUT2D eigenvalue weighted by molar-refractivity contribution is 14.1. The molecule has 0 radical (unpaired) electrons. The molecule has 5 heteroatoms. The Morgan fingerprint density at radius 2 is 1.91 bits per heavy atom. The van der Waals surface area contributed by atoms with Crippen LogP contribution in [-0.2, 0) is 0 Å². The third-order valence-electron chi connectivity index (χ3n) is 3.73. The zero-order chi connectivity index (χ0) is 16.4. The third-order valence-corrected chi connectivity index (χ3v) is 4.55. The third kappa shape index (κ3) is 3.06. The lowest BCUT2D eigenvalue weighted by atomic mass is 10.1. The molecular formula is C18H17IN2O2. The van der Waals surface area contributed by atoms with Gasteiger partial charge in [0.2, 0.25) is 0 Å². The molecule has 3 aromatic rings. The molecule has 1 heterocycles. The van der Waals surface area contributed by atoms with E-state index in [0.29, 0.717) is 0 Å². The minimum Gasteiger partial charge on any atom is -0.497 e. The van der Waals surface area contributed by atoms with Crippen molar-refractivity contribution >= 4 is 44.9 Å². The van der Waals surface area contributed by atoms with E-state index in [1.165, 1.54) is 0 Å². The molecule has 118 valence electrons. The zero-order valence-electron chi connectivity index (χ0n) is 13.2. The maximum absolute atomic E-state index is 5.42. The second kappa shape index (κ2) is 6.62. The van der Waals surface area contributed by atoms with Crippen LogP contribution in [0.3, 0.4) is 0 Å². The number of nitrogens with zero attached hydrogens (tertiary/aromatic N) is 1. The summed E-state index contributed by atoms with van der Waals surface area (Å²) < 4.78 is 11.7. The van der Waals surface area contributed by atoms with Crippen molar-refractivity contribution in [3.05, 3.63) is 51.7 Å². The molecule has 0 aliphatic heterocycles. The van der Waals surface area contributed by atoms with Gasteiger partial charge in [-0.15, -0.1) is 0 Å². The van der Waals surface area contributed by atoms with E-state index in [0.717, 1.165) is 42.9 Å². The molecule has 2 aromatic carbocycles. The number of ether oxygens (including phenoxy) is 2. The van der Waals surface area contributed by atoms with Crippen molar-refractivity contribution in [1.82, 2.24) is 4.98 Å². The van der Waals surface area contributed by atoms with E-state index in [2.05, 4.69) is 39.8 Å². The van der Waals surface area contributed by atoms with E-state index in [9.17, 15) is 0 Å². The second-order valence-corrected chi connectivity index (χ2v) is 6.31. The number of nitrogens with one attached hydrogen (secondary N) is 1. The Morgan fingerprint density at radius 3 is 2.61 bits per heavy atom. The lowest BCUT2D eigenvalue weighted by molar-refractivity contribution is 0.414. The summed E-state index contributed by atoms with van der Waals surface area (Å²) in [7, 11) is 3.34. The van der Waals surface area contributed by atoms with Crippen LogP contribution in [0.4, 0.5) is 11.4 Å². The predicted octanol–water partition coefficient (Wildman–Crippen LogP) is 4.91. The van der Waals surface area contributed by atoms with Crippen molar-refractivity contribution in [2.75, 3.05) is 19.5 Å². The maximum Gasteiger partial charge on any atom is 0.145 e. The van der Waals surface area contributed by atoms with Crippen LogP contribution in [0.25, 0.3) is 10.9 Å². The van der Waals surface area contributed by atoms with Crippen molar-refractivity contribution in [3.63, 3.8) is 0 Å². The highest BCUT2D eigenvalue weighted by atomic mass is 127. The van der Waals surface area contributed by atoms with Crippen LogP contribution in [0.5, 0.6) is 11.5 Å². The van der Waals surface area contributed by atoms with E-state index in [1.54, 1.807) is 14.2 Å². The van der Waals surface area contributed by atoms with Gasteiger partial charge in [-0.05, 0) is 59.3 Å². The van der Waals surface area contributed by atoms with Gasteiger partial charge >= 0.3 is 0 Å². The number of fused-ring (bicyclic) bond motifs is 1. The van der Waals surface area contributed by atoms with Gasteiger partial charge in [-0.1, -0.05) is 12.1 Å². The van der Waals surface area contributed by atoms with Gasteiger partial charge in [0.15, 0.2) is 0 Å². The average molecular weight is 420 g/mol. The van der Waals surface area contributed by atoms with Crippen LogP contribution < -0.4 is 14.8 Å².